The van der Waals surface area contributed by atoms with E-state index in [1.165, 1.54) is 10.7 Å². The standard InChI is InChI=1S/C28H24ClF2N3O4/c1-14-11-33(12-14)27(36)16-7-22(31)25-23(8-16)34(13-19-15(2)5-4-6-20(19)29)32-26(25)17-10-24(35)18(9-21(17)30)28(37)38-3/h4-10,14,35H,11-13H2,1-3H3. The Morgan fingerprint density at radius 2 is 1.89 bits per heavy atom. The third-order valence-corrected chi connectivity index (χ3v) is 7.16. The number of fused-ring (bicyclic) bond motifs is 1. The van der Waals surface area contributed by atoms with Crippen molar-refractivity contribution in [2.75, 3.05) is 20.2 Å². The van der Waals surface area contributed by atoms with Gasteiger partial charge in [0.1, 0.15) is 28.6 Å². The Hall–Kier alpha value is -3.98. The lowest BCUT2D eigenvalue weighted by Crippen LogP contribution is -2.48. The van der Waals surface area contributed by atoms with Gasteiger partial charge in [0.15, 0.2) is 0 Å². The first-order valence-electron chi connectivity index (χ1n) is 11.9. The van der Waals surface area contributed by atoms with Crippen molar-refractivity contribution in [2.45, 2.75) is 20.4 Å². The number of amides is 1. The minimum absolute atomic E-state index is 0.0349. The predicted octanol–water partition coefficient (Wildman–Crippen LogP) is 5.58. The van der Waals surface area contributed by atoms with Crippen molar-refractivity contribution in [3.8, 4) is 17.0 Å². The molecule has 0 aliphatic carbocycles. The van der Waals surface area contributed by atoms with E-state index < -0.39 is 23.4 Å². The number of hydrogen-bond acceptors (Lipinski definition) is 5. The summed E-state index contributed by atoms with van der Waals surface area (Å²) < 4.78 is 37.0. The summed E-state index contributed by atoms with van der Waals surface area (Å²) in [6.45, 7) is 5.18. The molecular weight excluding hydrogens is 516 g/mol. The third-order valence-electron chi connectivity index (χ3n) is 6.81. The van der Waals surface area contributed by atoms with Crippen LogP contribution in [-0.4, -0.2) is 51.9 Å². The van der Waals surface area contributed by atoms with Crippen LogP contribution in [0.25, 0.3) is 22.2 Å². The molecule has 0 unspecified atom stereocenters. The SMILES string of the molecule is COC(=O)c1cc(F)c(-c2nn(Cc3c(C)cccc3Cl)c3cc(C(=O)N4CC(C)C4)cc(F)c23)cc1O. The Balaban J connectivity index is 1.71. The molecule has 1 aliphatic rings. The van der Waals surface area contributed by atoms with Crippen LogP contribution < -0.4 is 0 Å². The lowest BCUT2D eigenvalue weighted by atomic mass is 9.99. The van der Waals surface area contributed by atoms with E-state index in [1.54, 1.807) is 17.0 Å². The minimum Gasteiger partial charge on any atom is -0.507 e. The average molecular weight is 540 g/mol. The number of aromatic nitrogens is 2. The number of halogens is 3. The second-order valence-corrected chi connectivity index (χ2v) is 9.96. The molecule has 5 rings (SSSR count). The summed E-state index contributed by atoms with van der Waals surface area (Å²) in [6.07, 6.45) is 0. The molecule has 3 aromatic carbocycles. The molecule has 1 fully saturated rings. The molecule has 0 bridgehead atoms. The third kappa shape index (κ3) is 4.36. The quantitative estimate of drug-likeness (QED) is 0.335. The summed E-state index contributed by atoms with van der Waals surface area (Å²) in [6, 6.07) is 9.88. The molecule has 4 aromatic rings. The van der Waals surface area contributed by atoms with E-state index >= 15 is 8.78 Å². The number of rotatable bonds is 5. The maximum Gasteiger partial charge on any atom is 0.341 e. The van der Waals surface area contributed by atoms with Crippen LogP contribution in [0, 0.1) is 24.5 Å². The number of ether oxygens (including phenoxy) is 1. The number of hydrogen-bond donors (Lipinski definition) is 1. The molecular formula is C28H24ClF2N3O4. The van der Waals surface area contributed by atoms with Crippen molar-refractivity contribution < 1.29 is 28.2 Å². The summed E-state index contributed by atoms with van der Waals surface area (Å²) in [5.41, 5.74) is 1.31. The summed E-state index contributed by atoms with van der Waals surface area (Å²) in [4.78, 5) is 26.6. The van der Waals surface area contributed by atoms with Crippen LogP contribution in [0.5, 0.6) is 5.75 Å². The number of aryl methyl sites for hydroxylation is 1. The van der Waals surface area contributed by atoms with E-state index in [2.05, 4.69) is 9.84 Å². The fourth-order valence-electron chi connectivity index (χ4n) is 4.77. The molecule has 0 saturated carbocycles. The van der Waals surface area contributed by atoms with E-state index in [9.17, 15) is 14.7 Å². The van der Waals surface area contributed by atoms with Crippen molar-refractivity contribution >= 4 is 34.4 Å². The molecule has 1 saturated heterocycles. The van der Waals surface area contributed by atoms with Gasteiger partial charge in [-0.05, 0) is 54.3 Å². The van der Waals surface area contributed by atoms with Crippen LogP contribution in [-0.2, 0) is 11.3 Å². The Labute approximate surface area is 222 Å². The van der Waals surface area contributed by atoms with Gasteiger partial charge in [0.2, 0.25) is 0 Å². The highest BCUT2D eigenvalue weighted by Gasteiger charge is 2.30. The van der Waals surface area contributed by atoms with Gasteiger partial charge in [-0.2, -0.15) is 5.10 Å². The van der Waals surface area contributed by atoms with Crippen LogP contribution in [0.2, 0.25) is 5.02 Å². The van der Waals surface area contributed by atoms with Gasteiger partial charge in [-0.1, -0.05) is 30.7 Å². The highest BCUT2D eigenvalue weighted by atomic mass is 35.5. The maximum atomic E-state index is 15.7. The molecule has 1 amide bonds. The second kappa shape index (κ2) is 9.72. The molecule has 0 spiro atoms. The van der Waals surface area contributed by atoms with Crippen molar-refractivity contribution in [3.05, 3.63) is 81.4 Å². The number of phenolic OH excluding ortho intramolecular Hbond substituents is 1. The van der Waals surface area contributed by atoms with Crippen molar-refractivity contribution in [2.24, 2.45) is 5.92 Å². The van der Waals surface area contributed by atoms with E-state index in [0.717, 1.165) is 36.4 Å². The van der Waals surface area contributed by atoms with Gasteiger partial charge in [0.05, 0.1) is 24.6 Å². The van der Waals surface area contributed by atoms with Gasteiger partial charge in [-0.15, -0.1) is 0 Å². The summed E-state index contributed by atoms with van der Waals surface area (Å²) in [7, 11) is 1.11. The molecule has 1 aromatic heterocycles. The fourth-order valence-corrected chi connectivity index (χ4v) is 5.05. The van der Waals surface area contributed by atoms with Crippen LogP contribution in [0.15, 0.2) is 42.5 Å². The molecule has 0 radical (unpaired) electrons. The number of nitrogens with zero attached hydrogens (tertiary/aromatic N) is 3. The Morgan fingerprint density at radius 3 is 2.55 bits per heavy atom. The Bertz CT molecular complexity index is 1590. The number of methoxy groups -OCH3 is 1. The first-order valence-corrected chi connectivity index (χ1v) is 12.3. The molecule has 7 nitrogen and oxygen atoms in total. The number of phenols is 1. The molecule has 38 heavy (non-hydrogen) atoms. The zero-order valence-corrected chi connectivity index (χ0v) is 21.6. The molecule has 196 valence electrons. The lowest BCUT2D eigenvalue weighted by Gasteiger charge is -2.37. The monoisotopic (exact) mass is 539 g/mol. The Kier molecular flexibility index (Phi) is 6.56. The summed E-state index contributed by atoms with van der Waals surface area (Å²) >= 11 is 6.44. The van der Waals surface area contributed by atoms with Gasteiger partial charge in [0.25, 0.3) is 5.91 Å². The maximum absolute atomic E-state index is 15.7. The van der Waals surface area contributed by atoms with E-state index in [-0.39, 0.29) is 45.7 Å². The normalized spacial score (nSPS) is 13.6. The minimum atomic E-state index is -0.924. The highest BCUT2D eigenvalue weighted by molar-refractivity contribution is 6.31. The number of aromatic hydroxyl groups is 1. The van der Waals surface area contributed by atoms with Crippen LogP contribution in [0.3, 0.4) is 0 Å². The smallest absolute Gasteiger partial charge is 0.341 e. The van der Waals surface area contributed by atoms with Gasteiger partial charge in [0, 0.05) is 29.2 Å². The zero-order valence-electron chi connectivity index (χ0n) is 20.9. The topological polar surface area (TPSA) is 84.7 Å². The van der Waals surface area contributed by atoms with Crippen LogP contribution >= 0.6 is 11.6 Å². The van der Waals surface area contributed by atoms with Crippen molar-refractivity contribution in [1.82, 2.24) is 14.7 Å². The number of likely N-dealkylation sites (tertiary alicyclic amines) is 1. The number of benzene rings is 3. The largest absolute Gasteiger partial charge is 0.507 e. The number of carbonyl (C=O) groups is 2. The molecule has 2 heterocycles. The van der Waals surface area contributed by atoms with Gasteiger partial charge in [-0.3, -0.25) is 9.48 Å². The second-order valence-electron chi connectivity index (χ2n) is 9.55. The first kappa shape index (κ1) is 25.7. The van der Waals surface area contributed by atoms with Gasteiger partial charge >= 0.3 is 5.97 Å². The number of esters is 1. The van der Waals surface area contributed by atoms with Crippen molar-refractivity contribution in [3.63, 3.8) is 0 Å². The molecule has 1 N–H and O–H groups in total. The predicted molar refractivity (Wildman–Crippen MR) is 138 cm³/mol. The zero-order chi connectivity index (χ0) is 27.3. The Morgan fingerprint density at radius 1 is 1.16 bits per heavy atom. The summed E-state index contributed by atoms with van der Waals surface area (Å²) in [5.74, 6) is -3.08. The molecule has 1 aliphatic heterocycles. The van der Waals surface area contributed by atoms with Crippen LogP contribution in [0.1, 0.15) is 38.8 Å². The highest BCUT2D eigenvalue weighted by Crippen LogP contribution is 2.37. The van der Waals surface area contributed by atoms with E-state index in [1.807, 2.05) is 19.9 Å². The van der Waals surface area contributed by atoms with Gasteiger partial charge in [-0.25, -0.2) is 13.6 Å². The molecule has 0 atom stereocenters. The fraction of sp³-hybridized carbons (Fsp3) is 0.250. The summed E-state index contributed by atoms with van der Waals surface area (Å²) in [5, 5.41) is 15.4. The van der Waals surface area contributed by atoms with E-state index in [4.69, 9.17) is 11.6 Å². The lowest BCUT2D eigenvalue weighted by molar-refractivity contribution is 0.0529. The average Bonchev–Trinajstić information content (AvgIpc) is 3.23. The van der Waals surface area contributed by atoms with Crippen LogP contribution in [0.4, 0.5) is 8.78 Å². The molecule has 10 heteroatoms. The number of carbonyl (C=O) groups excluding carboxylic acids is 2. The van der Waals surface area contributed by atoms with Crippen molar-refractivity contribution in [1.29, 1.82) is 0 Å². The van der Waals surface area contributed by atoms with E-state index in [0.29, 0.717) is 24.0 Å². The van der Waals surface area contributed by atoms with Gasteiger partial charge < -0.3 is 14.7 Å². The first-order chi connectivity index (χ1) is 18.1.